The summed E-state index contributed by atoms with van der Waals surface area (Å²) in [5.74, 6) is 0.667. The van der Waals surface area contributed by atoms with Crippen molar-refractivity contribution in [3.63, 3.8) is 0 Å². The molecular formula is C22H22N2O3. The fourth-order valence-corrected chi connectivity index (χ4v) is 3.77. The number of aromatic nitrogens is 1. The molecule has 2 N–H and O–H groups in total. The predicted molar refractivity (Wildman–Crippen MR) is 107 cm³/mol. The van der Waals surface area contributed by atoms with Crippen LogP contribution in [-0.2, 0) is 24.1 Å². The summed E-state index contributed by atoms with van der Waals surface area (Å²) in [6.45, 7) is 0. The molecule has 5 heteroatoms. The van der Waals surface area contributed by atoms with E-state index in [2.05, 4.69) is 10.3 Å². The number of amides is 1. The number of fused-ring (bicyclic) bond motifs is 3. The second kappa shape index (κ2) is 7.27. The van der Waals surface area contributed by atoms with Gasteiger partial charge in [-0.1, -0.05) is 18.2 Å². The number of anilines is 1. The third-order valence-corrected chi connectivity index (χ3v) is 5.14. The molecule has 5 nitrogen and oxygen atoms in total. The number of methoxy groups -OCH3 is 1. The zero-order chi connectivity index (χ0) is 18.8. The molecular weight excluding hydrogens is 340 g/mol. The number of nitrogens with one attached hydrogen (secondary N) is 2. The number of aryl methyl sites for hydroxylation is 1. The number of carbonyl (C=O) groups excluding carboxylic acids is 1. The van der Waals surface area contributed by atoms with Crippen molar-refractivity contribution >= 4 is 22.5 Å². The average molecular weight is 362 g/mol. The lowest BCUT2D eigenvalue weighted by molar-refractivity contribution is -0.115. The van der Waals surface area contributed by atoms with E-state index in [9.17, 15) is 9.59 Å². The van der Waals surface area contributed by atoms with Crippen molar-refractivity contribution in [1.29, 1.82) is 0 Å². The van der Waals surface area contributed by atoms with Gasteiger partial charge in [0, 0.05) is 16.6 Å². The Morgan fingerprint density at radius 3 is 2.56 bits per heavy atom. The molecule has 0 spiro atoms. The average Bonchev–Trinajstić information content (AvgIpc) is 2.68. The van der Waals surface area contributed by atoms with Gasteiger partial charge >= 0.3 is 0 Å². The van der Waals surface area contributed by atoms with Crippen LogP contribution in [0.15, 0.2) is 47.3 Å². The van der Waals surface area contributed by atoms with Crippen LogP contribution in [0.3, 0.4) is 0 Å². The summed E-state index contributed by atoms with van der Waals surface area (Å²) < 4.78 is 5.13. The Bertz CT molecular complexity index is 1050. The van der Waals surface area contributed by atoms with Crippen molar-refractivity contribution in [2.75, 3.05) is 12.4 Å². The van der Waals surface area contributed by atoms with Crippen molar-refractivity contribution < 1.29 is 9.53 Å². The van der Waals surface area contributed by atoms with E-state index in [0.29, 0.717) is 5.69 Å². The molecule has 1 heterocycles. The molecule has 0 aliphatic heterocycles. The van der Waals surface area contributed by atoms with E-state index in [4.69, 9.17) is 4.74 Å². The topological polar surface area (TPSA) is 71.2 Å². The maximum Gasteiger partial charge on any atom is 0.251 e. The molecule has 3 aromatic rings. The standard InChI is InChI=1S/C22H22N2O3/c1-27-16-9-6-14(7-10-16)12-21(25)23-15-8-11-18-17-4-2-3-5-19(17)22(26)24-20(18)13-15/h6-11,13H,2-5,12H2,1H3,(H,23,25)(H,24,26). The van der Waals surface area contributed by atoms with Gasteiger partial charge in [-0.3, -0.25) is 9.59 Å². The number of aromatic amines is 1. The highest BCUT2D eigenvalue weighted by atomic mass is 16.5. The summed E-state index contributed by atoms with van der Waals surface area (Å²) in [6.07, 6.45) is 4.26. The van der Waals surface area contributed by atoms with Gasteiger partial charge in [-0.15, -0.1) is 0 Å². The smallest absolute Gasteiger partial charge is 0.251 e. The zero-order valence-corrected chi connectivity index (χ0v) is 15.3. The van der Waals surface area contributed by atoms with Gasteiger partial charge in [0.1, 0.15) is 5.75 Å². The van der Waals surface area contributed by atoms with E-state index in [1.807, 2.05) is 42.5 Å². The Hall–Kier alpha value is -3.08. The number of hydrogen-bond donors (Lipinski definition) is 2. The first-order valence-corrected chi connectivity index (χ1v) is 9.24. The van der Waals surface area contributed by atoms with Crippen molar-refractivity contribution in [1.82, 2.24) is 4.98 Å². The fourth-order valence-electron chi connectivity index (χ4n) is 3.77. The summed E-state index contributed by atoms with van der Waals surface area (Å²) >= 11 is 0. The van der Waals surface area contributed by atoms with Crippen molar-refractivity contribution in [2.24, 2.45) is 0 Å². The van der Waals surface area contributed by atoms with Crippen LogP contribution < -0.4 is 15.6 Å². The third kappa shape index (κ3) is 3.58. The number of ether oxygens (including phenoxy) is 1. The molecule has 0 unspecified atom stereocenters. The summed E-state index contributed by atoms with van der Waals surface area (Å²) in [4.78, 5) is 27.7. The first-order valence-electron chi connectivity index (χ1n) is 9.24. The maximum atomic E-state index is 12.4. The van der Waals surface area contributed by atoms with Crippen LogP contribution in [0.4, 0.5) is 5.69 Å². The van der Waals surface area contributed by atoms with E-state index in [-0.39, 0.29) is 17.9 Å². The van der Waals surface area contributed by atoms with Crippen LogP contribution in [0.1, 0.15) is 29.5 Å². The Balaban J connectivity index is 1.55. The minimum absolute atomic E-state index is 0.00101. The highest BCUT2D eigenvalue weighted by Crippen LogP contribution is 2.27. The Labute approximate surface area is 157 Å². The lowest BCUT2D eigenvalue weighted by Gasteiger charge is -2.17. The van der Waals surface area contributed by atoms with E-state index in [1.54, 1.807) is 7.11 Å². The van der Waals surface area contributed by atoms with E-state index >= 15 is 0 Å². The molecule has 4 rings (SSSR count). The number of carbonyl (C=O) groups is 1. The number of benzene rings is 2. The van der Waals surface area contributed by atoms with Crippen molar-refractivity contribution in [3.05, 3.63) is 69.5 Å². The van der Waals surface area contributed by atoms with Gasteiger partial charge in [0.05, 0.1) is 19.0 Å². The Kier molecular flexibility index (Phi) is 4.67. The molecule has 1 aliphatic rings. The van der Waals surface area contributed by atoms with Crippen LogP contribution in [0.5, 0.6) is 5.75 Å². The number of H-pyrrole nitrogens is 1. The monoisotopic (exact) mass is 362 g/mol. The van der Waals surface area contributed by atoms with Crippen LogP contribution in [-0.4, -0.2) is 18.0 Å². The van der Waals surface area contributed by atoms with Crippen LogP contribution in [0.2, 0.25) is 0 Å². The molecule has 27 heavy (non-hydrogen) atoms. The quantitative estimate of drug-likeness (QED) is 0.745. The van der Waals surface area contributed by atoms with Gasteiger partial charge in [-0.2, -0.15) is 0 Å². The van der Waals surface area contributed by atoms with Gasteiger partial charge in [0.15, 0.2) is 0 Å². The molecule has 2 aromatic carbocycles. The Morgan fingerprint density at radius 1 is 1.07 bits per heavy atom. The molecule has 0 saturated heterocycles. The molecule has 0 saturated carbocycles. The summed E-state index contributed by atoms with van der Waals surface area (Å²) in [5, 5.41) is 4.00. The van der Waals surface area contributed by atoms with Gasteiger partial charge in [-0.25, -0.2) is 0 Å². The largest absolute Gasteiger partial charge is 0.497 e. The molecule has 138 valence electrons. The minimum atomic E-state index is -0.0974. The number of rotatable bonds is 4. The summed E-state index contributed by atoms with van der Waals surface area (Å²) in [5.41, 5.74) is 4.46. The van der Waals surface area contributed by atoms with E-state index in [0.717, 1.165) is 59.0 Å². The number of hydrogen-bond acceptors (Lipinski definition) is 3. The second-order valence-electron chi connectivity index (χ2n) is 6.95. The fraction of sp³-hybridized carbons (Fsp3) is 0.273. The van der Waals surface area contributed by atoms with E-state index < -0.39 is 0 Å². The van der Waals surface area contributed by atoms with Gasteiger partial charge in [-0.05, 0) is 61.1 Å². The summed E-state index contributed by atoms with van der Waals surface area (Å²) in [7, 11) is 1.61. The SMILES string of the molecule is COc1ccc(CC(=O)Nc2ccc3c4c(c(=O)[nH]c3c2)CCCC4)cc1. The number of pyridine rings is 1. The highest BCUT2D eigenvalue weighted by Gasteiger charge is 2.16. The van der Waals surface area contributed by atoms with Crippen LogP contribution in [0.25, 0.3) is 10.9 Å². The molecule has 1 aromatic heterocycles. The predicted octanol–water partition coefficient (Wildman–Crippen LogP) is 3.60. The highest BCUT2D eigenvalue weighted by molar-refractivity contribution is 5.95. The molecule has 0 bridgehead atoms. The molecule has 0 radical (unpaired) electrons. The lowest BCUT2D eigenvalue weighted by Crippen LogP contribution is -2.19. The zero-order valence-electron chi connectivity index (χ0n) is 15.3. The lowest BCUT2D eigenvalue weighted by atomic mass is 9.90. The van der Waals surface area contributed by atoms with Crippen LogP contribution >= 0.6 is 0 Å². The van der Waals surface area contributed by atoms with Crippen molar-refractivity contribution in [3.8, 4) is 5.75 Å². The normalized spacial score (nSPS) is 13.2. The third-order valence-electron chi connectivity index (χ3n) is 5.14. The van der Waals surface area contributed by atoms with Crippen molar-refractivity contribution in [2.45, 2.75) is 32.1 Å². The maximum absolute atomic E-state index is 12.4. The molecule has 1 amide bonds. The molecule has 0 atom stereocenters. The minimum Gasteiger partial charge on any atom is -0.497 e. The summed E-state index contributed by atoms with van der Waals surface area (Å²) in [6, 6.07) is 13.2. The second-order valence-corrected chi connectivity index (χ2v) is 6.95. The van der Waals surface area contributed by atoms with Gasteiger partial charge in [0.2, 0.25) is 5.91 Å². The van der Waals surface area contributed by atoms with Gasteiger partial charge < -0.3 is 15.0 Å². The molecule has 0 fully saturated rings. The first-order chi connectivity index (χ1) is 13.1. The van der Waals surface area contributed by atoms with Crippen LogP contribution in [0, 0.1) is 0 Å². The van der Waals surface area contributed by atoms with Gasteiger partial charge in [0.25, 0.3) is 5.56 Å². The first kappa shape index (κ1) is 17.3. The van der Waals surface area contributed by atoms with E-state index in [1.165, 1.54) is 0 Å². The Morgan fingerprint density at radius 2 is 1.81 bits per heavy atom. The molecule has 1 aliphatic carbocycles.